The summed E-state index contributed by atoms with van der Waals surface area (Å²) < 4.78 is 0. The predicted molar refractivity (Wildman–Crippen MR) is 47.9 cm³/mol. The van der Waals surface area contributed by atoms with Gasteiger partial charge >= 0.3 is 5.97 Å². The summed E-state index contributed by atoms with van der Waals surface area (Å²) in [6.07, 6.45) is 4.33. The van der Waals surface area contributed by atoms with E-state index in [0.29, 0.717) is 11.8 Å². The summed E-state index contributed by atoms with van der Waals surface area (Å²) >= 11 is 0. The van der Waals surface area contributed by atoms with Gasteiger partial charge in [-0.1, -0.05) is 20.3 Å². The number of carboxylic acids is 1. The molecule has 0 amide bonds. The lowest BCUT2D eigenvalue weighted by Gasteiger charge is -2.31. The molecular formula is C10H18O2. The first-order valence-corrected chi connectivity index (χ1v) is 4.84. The Morgan fingerprint density at radius 3 is 2.33 bits per heavy atom. The second kappa shape index (κ2) is 3.92. The van der Waals surface area contributed by atoms with Crippen LogP contribution in [-0.4, -0.2) is 11.1 Å². The third-order valence-corrected chi connectivity index (χ3v) is 2.76. The number of hydrogen-bond donors (Lipinski definition) is 1. The summed E-state index contributed by atoms with van der Waals surface area (Å²) in [5, 5.41) is 8.96. The van der Waals surface area contributed by atoms with Crippen molar-refractivity contribution in [2.24, 2.45) is 17.8 Å². The zero-order chi connectivity index (χ0) is 9.14. The second-order valence-electron chi connectivity index (χ2n) is 4.27. The molecule has 0 heterocycles. The Kier molecular flexibility index (Phi) is 3.12. The van der Waals surface area contributed by atoms with Crippen molar-refractivity contribution in [1.29, 1.82) is 0 Å². The molecule has 1 rings (SSSR count). The van der Waals surface area contributed by atoms with Crippen LogP contribution >= 0.6 is 0 Å². The van der Waals surface area contributed by atoms with Gasteiger partial charge in [-0.3, -0.25) is 4.79 Å². The first kappa shape index (κ1) is 9.56. The van der Waals surface area contributed by atoms with Crippen LogP contribution in [0.3, 0.4) is 0 Å². The molecule has 1 N–H and O–H groups in total. The Hall–Kier alpha value is -0.530. The highest BCUT2D eigenvalue weighted by atomic mass is 16.4. The molecule has 0 aromatic carbocycles. The third-order valence-electron chi connectivity index (χ3n) is 2.76. The normalized spacial score (nSPS) is 20.6. The number of rotatable bonds is 4. The van der Waals surface area contributed by atoms with Gasteiger partial charge in [0, 0.05) is 0 Å². The van der Waals surface area contributed by atoms with E-state index in [2.05, 4.69) is 13.8 Å². The average Bonchev–Trinajstić information content (AvgIpc) is 1.80. The largest absolute Gasteiger partial charge is 0.481 e. The Morgan fingerprint density at radius 1 is 1.50 bits per heavy atom. The monoisotopic (exact) mass is 170 g/mol. The van der Waals surface area contributed by atoms with Crippen molar-refractivity contribution in [2.45, 2.75) is 39.5 Å². The van der Waals surface area contributed by atoms with Crippen LogP contribution in [-0.2, 0) is 4.79 Å². The van der Waals surface area contributed by atoms with Gasteiger partial charge in [0.05, 0.1) is 5.92 Å². The van der Waals surface area contributed by atoms with E-state index in [9.17, 15) is 4.79 Å². The molecule has 0 saturated heterocycles. The zero-order valence-electron chi connectivity index (χ0n) is 7.92. The van der Waals surface area contributed by atoms with Gasteiger partial charge in [-0.15, -0.1) is 0 Å². The third kappa shape index (κ3) is 2.23. The Balaban J connectivity index is 2.42. The van der Waals surface area contributed by atoms with Crippen molar-refractivity contribution < 1.29 is 9.90 Å². The molecule has 0 aromatic heterocycles. The fourth-order valence-corrected chi connectivity index (χ4v) is 1.84. The molecule has 12 heavy (non-hydrogen) atoms. The van der Waals surface area contributed by atoms with Crippen LogP contribution in [0.4, 0.5) is 0 Å². The van der Waals surface area contributed by atoms with E-state index in [-0.39, 0.29) is 5.92 Å². The molecule has 1 atom stereocenters. The fraction of sp³-hybridized carbons (Fsp3) is 0.900. The van der Waals surface area contributed by atoms with E-state index in [4.69, 9.17) is 5.11 Å². The van der Waals surface area contributed by atoms with E-state index in [0.717, 1.165) is 19.3 Å². The van der Waals surface area contributed by atoms with Gasteiger partial charge in [-0.05, 0) is 31.1 Å². The van der Waals surface area contributed by atoms with E-state index < -0.39 is 5.97 Å². The molecule has 70 valence electrons. The highest BCUT2D eigenvalue weighted by molar-refractivity contribution is 5.70. The Morgan fingerprint density at radius 2 is 2.08 bits per heavy atom. The van der Waals surface area contributed by atoms with Crippen LogP contribution in [0.2, 0.25) is 0 Å². The summed E-state index contributed by atoms with van der Waals surface area (Å²) in [6.45, 7) is 4.18. The first-order chi connectivity index (χ1) is 5.61. The molecule has 2 nitrogen and oxygen atoms in total. The maximum atomic E-state index is 10.9. The van der Waals surface area contributed by atoms with Crippen molar-refractivity contribution in [2.75, 3.05) is 0 Å². The molecule has 0 radical (unpaired) electrons. The lowest BCUT2D eigenvalue weighted by atomic mass is 9.73. The summed E-state index contributed by atoms with van der Waals surface area (Å²) in [4.78, 5) is 10.9. The van der Waals surface area contributed by atoms with Crippen molar-refractivity contribution in [3.63, 3.8) is 0 Å². The molecule has 2 heteroatoms. The molecule has 1 aliphatic rings. The van der Waals surface area contributed by atoms with Crippen LogP contribution in [0.5, 0.6) is 0 Å². The molecule has 0 aromatic rings. The van der Waals surface area contributed by atoms with Crippen LogP contribution in [0.25, 0.3) is 0 Å². The maximum absolute atomic E-state index is 10.9. The maximum Gasteiger partial charge on any atom is 0.306 e. The zero-order valence-corrected chi connectivity index (χ0v) is 7.92. The van der Waals surface area contributed by atoms with E-state index in [1.807, 2.05) is 0 Å². The van der Waals surface area contributed by atoms with Crippen LogP contribution in [0, 0.1) is 17.8 Å². The standard InChI is InChI=1S/C10H18O2/c1-7(2)6-9(10(11)12)8-4-3-5-8/h7-9H,3-6H2,1-2H3,(H,11,12)/t9-/m0/s1. The van der Waals surface area contributed by atoms with Crippen LogP contribution < -0.4 is 0 Å². The van der Waals surface area contributed by atoms with E-state index in [1.165, 1.54) is 6.42 Å². The van der Waals surface area contributed by atoms with Gasteiger partial charge < -0.3 is 5.11 Å². The highest BCUT2D eigenvalue weighted by Crippen LogP contribution is 2.36. The number of carboxylic acid groups (broad SMARTS) is 1. The van der Waals surface area contributed by atoms with Gasteiger partial charge in [0.1, 0.15) is 0 Å². The summed E-state index contributed by atoms with van der Waals surface area (Å²) in [5.74, 6) is 0.323. The fourth-order valence-electron chi connectivity index (χ4n) is 1.84. The number of hydrogen-bond acceptors (Lipinski definition) is 1. The van der Waals surface area contributed by atoms with Crippen molar-refractivity contribution in [3.05, 3.63) is 0 Å². The van der Waals surface area contributed by atoms with E-state index >= 15 is 0 Å². The summed E-state index contributed by atoms with van der Waals surface area (Å²) in [5.41, 5.74) is 0. The minimum absolute atomic E-state index is 0.0706. The van der Waals surface area contributed by atoms with Crippen molar-refractivity contribution >= 4 is 5.97 Å². The molecule has 0 spiro atoms. The molecular weight excluding hydrogens is 152 g/mol. The second-order valence-corrected chi connectivity index (χ2v) is 4.27. The molecule has 1 aliphatic carbocycles. The first-order valence-electron chi connectivity index (χ1n) is 4.84. The smallest absolute Gasteiger partial charge is 0.306 e. The molecule has 0 bridgehead atoms. The van der Waals surface area contributed by atoms with Crippen LogP contribution in [0.15, 0.2) is 0 Å². The van der Waals surface area contributed by atoms with Gasteiger partial charge in [0.25, 0.3) is 0 Å². The molecule has 1 fully saturated rings. The molecule has 0 aliphatic heterocycles. The number of carbonyl (C=O) groups is 1. The number of aliphatic carboxylic acids is 1. The van der Waals surface area contributed by atoms with Crippen molar-refractivity contribution in [1.82, 2.24) is 0 Å². The Bertz CT molecular complexity index is 159. The SMILES string of the molecule is CC(C)C[C@H](C(=O)O)C1CCC1. The lowest BCUT2D eigenvalue weighted by Crippen LogP contribution is -2.29. The van der Waals surface area contributed by atoms with Gasteiger partial charge in [0.15, 0.2) is 0 Å². The van der Waals surface area contributed by atoms with Gasteiger partial charge in [-0.25, -0.2) is 0 Å². The van der Waals surface area contributed by atoms with Gasteiger partial charge in [0.2, 0.25) is 0 Å². The van der Waals surface area contributed by atoms with Crippen molar-refractivity contribution in [3.8, 4) is 0 Å². The minimum Gasteiger partial charge on any atom is -0.481 e. The minimum atomic E-state index is -0.589. The topological polar surface area (TPSA) is 37.3 Å². The molecule has 1 saturated carbocycles. The lowest BCUT2D eigenvalue weighted by molar-refractivity contribution is -0.145. The van der Waals surface area contributed by atoms with E-state index in [1.54, 1.807) is 0 Å². The Labute approximate surface area is 74.0 Å². The molecule has 0 unspecified atom stereocenters. The quantitative estimate of drug-likeness (QED) is 0.704. The average molecular weight is 170 g/mol. The highest BCUT2D eigenvalue weighted by Gasteiger charge is 2.32. The summed E-state index contributed by atoms with van der Waals surface area (Å²) in [7, 11) is 0. The van der Waals surface area contributed by atoms with Crippen LogP contribution in [0.1, 0.15) is 39.5 Å². The summed E-state index contributed by atoms with van der Waals surface area (Å²) in [6, 6.07) is 0. The predicted octanol–water partition coefficient (Wildman–Crippen LogP) is 2.53. The van der Waals surface area contributed by atoms with Gasteiger partial charge in [-0.2, -0.15) is 0 Å².